The third-order valence-electron chi connectivity index (χ3n) is 4.64. The zero-order chi connectivity index (χ0) is 18.5. The Morgan fingerprint density at radius 2 is 2.00 bits per heavy atom. The molecule has 0 aliphatic heterocycles. The van der Waals surface area contributed by atoms with Crippen molar-refractivity contribution in [2.45, 2.75) is 45.4 Å². The van der Waals surface area contributed by atoms with Gasteiger partial charge in [0.1, 0.15) is 4.88 Å². The van der Waals surface area contributed by atoms with Crippen molar-refractivity contribution in [2.75, 3.05) is 10.6 Å². The smallest absolute Gasteiger partial charge is 0.267 e. The number of aromatic nitrogens is 1. The number of hydrogen-bond acceptors (Lipinski definition) is 4. The monoisotopic (exact) mass is 391 g/mol. The van der Waals surface area contributed by atoms with Gasteiger partial charge in [-0.1, -0.05) is 54.3 Å². The second-order valence-electron chi connectivity index (χ2n) is 6.67. The number of benzene rings is 1. The van der Waals surface area contributed by atoms with E-state index in [2.05, 4.69) is 15.6 Å². The lowest BCUT2D eigenvalue weighted by Gasteiger charge is -2.20. The molecular formula is C19H22ClN3O2S. The minimum Gasteiger partial charge on any atom is -0.320 e. The van der Waals surface area contributed by atoms with E-state index in [1.807, 2.05) is 19.1 Å². The molecule has 1 saturated carbocycles. The standard InChI is InChI=1S/C19H22ClN3O2S/c1-12-6-5-9-14(20)17(12)23-18(25)15-11-21-19(26-15)22-16(24)10-13-7-3-2-4-8-13/h5-6,9,11,13H,2-4,7-8,10H2,1H3,(H,23,25)(H,21,22,24). The molecule has 138 valence electrons. The molecule has 3 rings (SSSR count). The van der Waals surface area contributed by atoms with Gasteiger partial charge in [-0.25, -0.2) is 4.98 Å². The maximum atomic E-state index is 12.4. The molecule has 2 aromatic rings. The summed E-state index contributed by atoms with van der Waals surface area (Å²) < 4.78 is 0. The zero-order valence-electron chi connectivity index (χ0n) is 14.7. The second kappa shape index (κ2) is 8.64. The van der Waals surface area contributed by atoms with E-state index >= 15 is 0 Å². The Hall–Kier alpha value is -1.92. The molecule has 2 N–H and O–H groups in total. The van der Waals surface area contributed by atoms with Crippen LogP contribution >= 0.6 is 22.9 Å². The van der Waals surface area contributed by atoms with Crippen molar-refractivity contribution < 1.29 is 9.59 Å². The van der Waals surface area contributed by atoms with Gasteiger partial charge in [0, 0.05) is 6.42 Å². The zero-order valence-corrected chi connectivity index (χ0v) is 16.3. The first-order valence-corrected chi connectivity index (χ1v) is 10.0. The first-order valence-electron chi connectivity index (χ1n) is 8.85. The van der Waals surface area contributed by atoms with Crippen molar-refractivity contribution in [3.63, 3.8) is 0 Å². The molecule has 0 saturated heterocycles. The van der Waals surface area contributed by atoms with Crippen molar-refractivity contribution >= 4 is 45.6 Å². The number of carbonyl (C=O) groups excluding carboxylic acids is 2. The molecule has 0 atom stereocenters. The van der Waals surface area contributed by atoms with Gasteiger partial charge in [-0.3, -0.25) is 9.59 Å². The molecule has 1 heterocycles. The minimum atomic E-state index is -0.286. The number of hydrogen-bond donors (Lipinski definition) is 2. The lowest BCUT2D eigenvalue weighted by molar-refractivity contribution is -0.117. The summed E-state index contributed by atoms with van der Waals surface area (Å²) in [7, 11) is 0. The largest absolute Gasteiger partial charge is 0.320 e. The fourth-order valence-electron chi connectivity index (χ4n) is 3.23. The third-order valence-corrected chi connectivity index (χ3v) is 5.86. The Kier molecular flexibility index (Phi) is 6.27. The lowest BCUT2D eigenvalue weighted by Crippen LogP contribution is -2.18. The van der Waals surface area contributed by atoms with E-state index in [1.54, 1.807) is 6.07 Å². The maximum absolute atomic E-state index is 12.4. The lowest BCUT2D eigenvalue weighted by atomic mass is 9.87. The van der Waals surface area contributed by atoms with Crippen LogP contribution < -0.4 is 10.6 Å². The summed E-state index contributed by atoms with van der Waals surface area (Å²) in [4.78, 5) is 29.2. The quantitative estimate of drug-likeness (QED) is 0.729. The van der Waals surface area contributed by atoms with Crippen LogP contribution in [0, 0.1) is 12.8 Å². The van der Waals surface area contributed by atoms with Crippen LogP contribution in [0.3, 0.4) is 0 Å². The number of amides is 2. The van der Waals surface area contributed by atoms with Crippen LogP contribution in [-0.4, -0.2) is 16.8 Å². The summed E-state index contributed by atoms with van der Waals surface area (Å²) in [6.07, 6.45) is 7.94. The molecule has 26 heavy (non-hydrogen) atoms. The van der Waals surface area contributed by atoms with Crippen molar-refractivity contribution in [2.24, 2.45) is 5.92 Å². The molecule has 1 aliphatic carbocycles. The van der Waals surface area contributed by atoms with Crippen molar-refractivity contribution in [1.82, 2.24) is 4.98 Å². The van der Waals surface area contributed by atoms with Gasteiger partial charge in [-0.05, 0) is 37.3 Å². The number of thiazole rings is 1. The highest BCUT2D eigenvalue weighted by atomic mass is 35.5. The number of nitrogens with one attached hydrogen (secondary N) is 2. The van der Waals surface area contributed by atoms with Crippen molar-refractivity contribution in [3.8, 4) is 0 Å². The fraction of sp³-hybridized carbons (Fsp3) is 0.421. The van der Waals surface area contributed by atoms with E-state index < -0.39 is 0 Å². The number of nitrogens with zero attached hydrogens (tertiary/aromatic N) is 1. The van der Waals surface area contributed by atoms with Crippen molar-refractivity contribution in [3.05, 3.63) is 39.9 Å². The SMILES string of the molecule is Cc1cccc(Cl)c1NC(=O)c1cnc(NC(=O)CC2CCCCC2)s1. The topological polar surface area (TPSA) is 71.1 Å². The normalized spacial score (nSPS) is 14.8. The van der Waals surface area contributed by atoms with E-state index in [-0.39, 0.29) is 11.8 Å². The molecule has 5 nitrogen and oxygen atoms in total. The van der Waals surface area contributed by atoms with E-state index in [4.69, 9.17) is 11.6 Å². The Morgan fingerprint density at radius 1 is 1.23 bits per heavy atom. The van der Waals surface area contributed by atoms with Crippen LogP contribution in [0.25, 0.3) is 0 Å². The van der Waals surface area contributed by atoms with E-state index in [1.165, 1.54) is 25.5 Å². The van der Waals surface area contributed by atoms with Gasteiger partial charge >= 0.3 is 0 Å². The summed E-state index contributed by atoms with van der Waals surface area (Å²) in [6.45, 7) is 1.88. The number of halogens is 1. The summed E-state index contributed by atoms with van der Waals surface area (Å²) in [5, 5.41) is 6.57. The number of aryl methyl sites for hydroxylation is 1. The Morgan fingerprint density at radius 3 is 2.73 bits per heavy atom. The molecule has 1 aromatic carbocycles. The highest BCUT2D eigenvalue weighted by Crippen LogP contribution is 2.28. The number of para-hydroxylation sites is 1. The molecule has 7 heteroatoms. The van der Waals surface area contributed by atoms with Crippen LogP contribution in [0.4, 0.5) is 10.8 Å². The van der Waals surface area contributed by atoms with E-state index in [0.717, 1.165) is 29.7 Å². The van der Waals surface area contributed by atoms with Gasteiger partial charge in [0.2, 0.25) is 5.91 Å². The molecule has 0 bridgehead atoms. The van der Waals surface area contributed by atoms with Crippen LogP contribution in [0.5, 0.6) is 0 Å². The summed E-state index contributed by atoms with van der Waals surface area (Å²) >= 11 is 7.31. The first-order chi connectivity index (χ1) is 12.5. The number of rotatable bonds is 5. The van der Waals surface area contributed by atoms with Gasteiger partial charge in [0.15, 0.2) is 5.13 Å². The predicted molar refractivity (Wildman–Crippen MR) is 106 cm³/mol. The number of anilines is 2. The molecule has 1 aromatic heterocycles. The maximum Gasteiger partial charge on any atom is 0.267 e. The first kappa shape index (κ1) is 18.9. The Labute approximate surface area is 162 Å². The van der Waals surface area contributed by atoms with Crippen LogP contribution in [-0.2, 0) is 4.79 Å². The molecule has 0 unspecified atom stereocenters. The molecule has 0 spiro atoms. The molecular weight excluding hydrogens is 370 g/mol. The van der Waals surface area contributed by atoms with Gasteiger partial charge in [-0.2, -0.15) is 0 Å². The molecule has 0 radical (unpaired) electrons. The molecule has 2 amide bonds. The van der Waals surface area contributed by atoms with Crippen molar-refractivity contribution in [1.29, 1.82) is 0 Å². The summed E-state index contributed by atoms with van der Waals surface area (Å²) in [6, 6.07) is 5.44. The number of carbonyl (C=O) groups is 2. The predicted octanol–water partition coefficient (Wildman–Crippen LogP) is 5.27. The minimum absolute atomic E-state index is 0.0276. The van der Waals surface area contributed by atoms with Gasteiger partial charge in [0.25, 0.3) is 5.91 Å². The summed E-state index contributed by atoms with van der Waals surface area (Å²) in [5.41, 5.74) is 1.48. The highest BCUT2D eigenvalue weighted by molar-refractivity contribution is 7.17. The van der Waals surface area contributed by atoms with E-state index in [9.17, 15) is 9.59 Å². The van der Waals surface area contributed by atoms with Gasteiger partial charge in [0.05, 0.1) is 16.9 Å². The highest BCUT2D eigenvalue weighted by Gasteiger charge is 2.19. The molecule has 1 aliphatic rings. The van der Waals surface area contributed by atoms with Crippen LogP contribution in [0.1, 0.15) is 53.8 Å². The van der Waals surface area contributed by atoms with Gasteiger partial charge < -0.3 is 10.6 Å². The Balaban J connectivity index is 1.58. The van der Waals surface area contributed by atoms with Gasteiger partial charge in [-0.15, -0.1) is 0 Å². The average molecular weight is 392 g/mol. The fourth-order valence-corrected chi connectivity index (χ4v) is 4.22. The summed E-state index contributed by atoms with van der Waals surface area (Å²) in [5.74, 6) is 0.154. The molecule has 1 fully saturated rings. The third kappa shape index (κ3) is 4.83. The second-order valence-corrected chi connectivity index (χ2v) is 8.11. The van der Waals surface area contributed by atoms with E-state index in [0.29, 0.717) is 33.1 Å². The van der Waals surface area contributed by atoms with Crippen LogP contribution in [0.2, 0.25) is 5.02 Å². The van der Waals surface area contributed by atoms with Crippen LogP contribution in [0.15, 0.2) is 24.4 Å². The Bertz CT molecular complexity index is 780. The average Bonchev–Trinajstić information content (AvgIpc) is 3.07.